The van der Waals surface area contributed by atoms with Gasteiger partial charge >= 0.3 is 0 Å². The molecule has 0 bridgehead atoms. The predicted octanol–water partition coefficient (Wildman–Crippen LogP) is 2.68. The number of benzene rings is 2. The van der Waals surface area contributed by atoms with Crippen molar-refractivity contribution in [2.45, 2.75) is 11.0 Å². The molecule has 0 radical (unpaired) electrons. The Bertz CT molecular complexity index is 665. The molecule has 2 aromatic carbocycles. The van der Waals surface area contributed by atoms with Gasteiger partial charge in [0.25, 0.3) is 0 Å². The number of nitrogens with two attached hydrogens (primary N) is 1. The third-order valence-electron chi connectivity index (χ3n) is 2.46. The number of alkyl halides is 1. The van der Waals surface area contributed by atoms with Gasteiger partial charge in [-0.25, -0.2) is 17.9 Å². The van der Waals surface area contributed by atoms with Gasteiger partial charge in [0.1, 0.15) is 12.8 Å². The van der Waals surface area contributed by atoms with Crippen molar-refractivity contribution < 1.29 is 17.9 Å². The lowest BCUT2D eigenvalue weighted by Gasteiger charge is -2.10. The number of aliphatic hydroxyl groups is 1. The molecule has 0 aliphatic carbocycles. The molecule has 0 aliphatic rings. The summed E-state index contributed by atoms with van der Waals surface area (Å²) in [6.07, 6.45) is -1.45. The predicted molar refractivity (Wildman–Crippen MR) is 80.2 cm³/mol. The second-order valence-corrected chi connectivity index (χ2v) is 6.01. The number of sulfonamides is 1. The first-order valence-corrected chi connectivity index (χ1v) is 7.85. The van der Waals surface area contributed by atoms with Crippen molar-refractivity contribution in [3.8, 4) is 0 Å². The smallest absolute Gasteiger partial charge is 0.238 e. The number of hydrogen-bond donors (Lipinski definition) is 2. The van der Waals surface area contributed by atoms with Crippen LogP contribution in [0.4, 0.5) is 4.39 Å². The Morgan fingerprint density at radius 3 is 2.05 bits per heavy atom. The highest BCUT2D eigenvalue weighted by atomic mass is 35.5. The number of primary sulfonamides is 1. The maximum absolute atomic E-state index is 12.2. The van der Waals surface area contributed by atoms with E-state index < -0.39 is 22.8 Å². The molecular weight excluding hydrogens is 317 g/mol. The average Bonchev–Trinajstić information content (AvgIpc) is 2.47. The summed E-state index contributed by atoms with van der Waals surface area (Å²) in [7, 11) is -3.92. The molecule has 1 unspecified atom stereocenters. The quantitative estimate of drug-likeness (QED) is 0.907. The molecule has 2 aromatic rings. The summed E-state index contributed by atoms with van der Waals surface area (Å²) < 4.78 is 34.2. The Kier molecular flexibility index (Phi) is 6.77. The van der Waals surface area contributed by atoms with Crippen LogP contribution in [0.1, 0.15) is 11.7 Å². The molecule has 4 nitrogen and oxygen atoms in total. The lowest BCUT2D eigenvalue weighted by Crippen LogP contribution is -2.16. The molecule has 114 valence electrons. The van der Waals surface area contributed by atoms with Gasteiger partial charge in [-0.2, -0.15) is 0 Å². The molecule has 21 heavy (non-hydrogen) atoms. The molecule has 1 atom stereocenters. The molecular formula is C14H15ClFNO3S. The van der Waals surface area contributed by atoms with Gasteiger partial charge < -0.3 is 5.11 Å². The van der Waals surface area contributed by atoms with Crippen LogP contribution >= 0.6 is 11.6 Å². The van der Waals surface area contributed by atoms with Crippen molar-refractivity contribution in [2.24, 2.45) is 5.14 Å². The van der Waals surface area contributed by atoms with E-state index >= 15 is 0 Å². The van der Waals surface area contributed by atoms with E-state index in [1.807, 2.05) is 30.3 Å². The summed E-state index contributed by atoms with van der Waals surface area (Å²) in [5.41, 5.74) is -0.0162. The SMILES string of the molecule is Clc1ccccc1.NS(=O)(=O)c1ccccc1C(O)CF. The zero-order valence-electron chi connectivity index (χ0n) is 11.0. The van der Waals surface area contributed by atoms with Crippen molar-refractivity contribution in [3.05, 3.63) is 65.2 Å². The molecule has 0 saturated carbocycles. The maximum atomic E-state index is 12.2. The molecule has 0 spiro atoms. The van der Waals surface area contributed by atoms with Crippen molar-refractivity contribution >= 4 is 21.6 Å². The molecule has 2 rings (SSSR count). The fourth-order valence-corrected chi connectivity index (χ4v) is 2.46. The van der Waals surface area contributed by atoms with Crippen molar-refractivity contribution in [1.82, 2.24) is 0 Å². The van der Waals surface area contributed by atoms with Crippen LogP contribution in [0.5, 0.6) is 0 Å². The van der Waals surface area contributed by atoms with E-state index in [2.05, 4.69) is 0 Å². The van der Waals surface area contributed by atoms with Crippen LogP contribution < -0.4 is 5.14 Å². The van der Waals surface area contributed by atoms with E-state index in [4.69, 9.17) is 16.7 Å². The largest absolute Gasteiger partial charge is 0.386 e. The molecule has 0 saturated heterocycles. The van der Waals surface area contributed by atoms with Crippen molar-refractivity contribution in [3.63, 3.8) is 0 Å². The standard InChI is InChI=1S/C8H10FNO3S.C6H5Cl/c9-5-7(11)6-3-1-2-4-8(6)14(10,12)13;7-6-4-2-1-3-5-6/h1-4,7,11H,5H2,(H2,10,12,13);1-5H. The number of hydrogen-bond acceptors (Lipinski definition) is 3. The molecule has 0 heterocycles. The van der Waals surface area contributed by atoms with Gasteiger partial charge in [0.15, 0.2) is 0 Å². The van der Waals surface area contributed by atoms with E-state index in [-0.39, 0.29) is 10.5 Å². The molecule has 0 fully saturated rings. The van der Waals surface area contributed by atoms with Gasteiger partial charge in [0, 0.05) is 10.6 Å². The highest BCUT2D eigenvalue weighted by Gasteiger charge is 2.18. The third kappa shape index (κ3) is 5.81. The van der Waals surface area contributed by atoms with Gasteiger partial charge in [0.2, 0.25) is 10.0 Å². The Morgan fingerprint density at radius 2 is 1.62 bits per heavy atom. The van der Waals surface area contributed by atoms with Crippen LogP contribution in [0.25, 0.3) is 0 Å². The molecule has 0 aliphatic heterocycles. The zero-order chi connectivity index (χ0) is 15.9. The van der Waals surface area contributed by atoms with Gasteiger partial charge in [-0.3, -0.25) is 0 Å². The fourth-order valence-electron chi connectivity index (χ4n) is 1.51. The van der Waals surface area contributed by atoms with Crippen LogP contribution in [-0.2, 0) is 10.0 Å². The first kappa shape index (κ1) is 17.6. The summed E-state index contributed by atoms with van der Waals surface area (Å²) in [5, 5.41) is 14.9. The minimum atomic E-state index is -3.92. The summed E-state index contributed by atoms with van der Waals surface area (Å²) in [6.45, 7) is -1.05. The van der Waals surface area contributed by atoms with Crippen LogP contribution in [0, 0.1) is 0 Å². The van der Waals surface area contributed by atoms with E-state index in [0.717, 1.165) is 5.02 Å². The second kappa shape index (κ2) is 8.09. The number of aliphatic hydroxyl groups excluding tert-OH is 1. The minimum Gasteiger partial charge on any atom is -0.386 e. The van der Waals surface area contributed by atoms with E-state index in [0.29, 0.717) is 0 Å². The fraction of sp³-hybridized carbons (Fsp3) is 0.143. The summed E-state index contributed by atoms with van der Waals surface area (Å²) in [6, 6.07) is 14.9. The summed E-state index contributed by atoms with van der Waals surface area (Å²) >= 11 is 5.54. The second-order valence-electron chi connectivity index (χ2n) is 4.05. The lowest BCUT2D eigenvalue weighted by atomic mass is 10.1. The Morgan fingerprint density at radius 1 is 1.10 bits per heavy atom. The molecule has 3 N–H and O–H groups in total. The van der Waals surface area contributed by atoms with E-state index in [1.165, 1.54) is 24.3 Å². The third-order valence-corrected chi connectivity index (χ3v) is 3.70. The van der Waals surface area contributed by atoms with E-state index in [9.17, 15) is 17.9 Å². The van der Waals surface area contributed by atoms with Crippen LogP contribution in [0.15, 0.2) is 59.5 Å². The Balaban J connectivity index is 0.000000262. The van der Waals surface area contributed by atoms with Gasteiger partial charge in [-0.05, 0) is 18.2 Å². The average molecular weight is 332 g/mol. The van der Waals surface area contributed by atoms with Crippen LogP contribution in [0.3, 0.4) is 0 Å². The van der Waals surface area contributed by atoms with Crippen molar-refractivity contribution in [1.29, 1.82) is 0 Å². The first-order chi connectivity index (χ1) is 9.86. The van der Waals surface area contributed by atoms with Crippen LogP contribution in [0.2, 0.25) is 5.02 Å². The summed E-state index contributed by atoms with van der Waals surface area (Å²) in [5.74, 6) is 0. The zero-order valence-corrected chi connectivity index (χ0v) is 12.6. The first-order valence-electron chi connectivity index (χ1n) is 5.92. The molecule has 7 heteroatoms. The number of halogens is 2. The van der Waals surface area contributed by atoms with E-state index in [1.54, 1.807) is 0 Å². The van der Waals surface area contributed by atoms with Gasteiger partial charge in [-0.1, -0.05) is 48.0 Å². The topological polar surface area (TPSA) is 80.4 Å². The Hall–Kier alpha value is -1.47. The highest BCUT2D eigenvalue weighted by Crippen LogP contribution is 2.21. The monoisotopic (exact) mass is 331 g/mol. The minimum absolute atomic E-state index is 0.0162. The van der Waals surface area contributed by atoms with Gasteiger partial charge in [0.05, 0.1) is 4.90 Å². The van der Waals surface area contributed by atoms with Crippen LogP contribution in [-0.4, -0.2) is 20.2 Å². The van der Waals surface area contributed by atoms with Crippen molar-refractivity contribution in [2.75, 3.05) is 6.67 Å². The number of rotatable bonds is 3. The molecule has 0 aromatic heterocycles. The van der Waals surface area contributed by atoms with Gasteiger partial charge in [-0.15, -0.1) is 0 Å². The Labute approximate surface area is 128 Å². The summed E-state index contributed by atoms with van der Waals surface area (Å²) in [4.78, 5) is -0.245. The maximum Gasteiger partial charge on any atom is 0.238 e. The highest BCUT2D eigenvalue weighted by molar-refractivity contribution is 7.89. The lowest BCUT2D eigenvalue weighted by molar-refractivity contribution is 0.139. The molecule has 0 amide bonds. The normalized spacial score (nSPS) is 12.2.